The zero-order valence-corrected chi connectivity index (χ0v) is 23.7. The minimum Gasteiger partial charge on any atom is -0.462 e. The fourth-order valence-corrected chi connectivity index (χ4v) is 5.99. The van der Waals surface area contributed by atoms with Crippen molar-refractivity contribution in [2.24, 2.45) is 0 Å². The van der Waals surface area contributed by atoms with Gasteiger partial charge in [0.05, 0.1) is 19.1 Å². The van der Waals surface area contributed by atoms with Crippen molar-refractivity contribution in [3.05, 3.63) is 54.7 Å². The highest BCUT2D eigenvalue weighted by Crippen LogP contribution is 2.50. The summed E-state index contributed by atoms with van der Waals surface area (Å²) < 4.78 is 79.7. The number of aliphatic hydroxyl groups is 1. The van der Waals surface area contributed by atoms with Crippen molar-refractivity contribution in [2.45, 2.75) is 69.9 Å². The first kappa shape index (κ1) is 31.6. The number of fused-ring (bicyclic) bond motifs is 1. The Bertz CT molecular complexity index is 1420. The van der Waals surface area contributed by atoms with Gasteiger partial charge in [0.25, 0.3) is 6.43 Å². The minimum absolute atomic E-state index is 0.00214. The van der Waals surface area contributed by atoms with Crippen LogP contribution in [0.3, 0.4) is 0 Å². The molecule has 4 rings (SSSR count). The quantitative estimate of drug-likeness (QED) is 0.219. The fraction of sp³-hybridized carbons (Fsp3) is 0.444. The second-order valence-corrected chi connectivity index (χ2v) is 11.8. The van der Waals surface area contributed by atoms with Crippen molar-refractivity contribution in [1.82, 2.24) is 9.99 Å². The van der Waals surface area contributed by atoms with E-state index >= 15 is 4.39 Å². The van der Waals surface area contributed by atoms with Gasteiger partial charge in [-0.15, -0.1) is 0 Å². The number of carbonyl (C=O) groups excluding carboxylic acids is 3. The molecule has 11 nitrogen and oxygen atoms in total. The van der Waals surface area contributed by atoms with E-state index in [-0.39, 0.29) is 5.75 Å². The molecule has 2 aromatic carbocycles. The number of ether oxygens (including phenoxy) is 2. The van der Waals surface area contributed by atoms with E-state index in [4.69, 9.17) is 18.5 Å². The summed E-state index contributed by atoms with van der Waals surface area (Å²) in [6.07, 6.45) is -10.2. The summed E-state index contributed by atoms with van der Waals surface area (Å²) in [5.41, 5.74) is -3.12. The van der Waals surface area contributed by atoms with Gasteiger partial charge in [0.15, 0.2) is 23.8 Å². The van der Waals surface area contributed by atoms with Crippen molar-refractivity contribution in [3.8, 4) is 5.75 Å². The largest absolute Gasteiger partial charge is 0.462 e. The highest BCUT2D eigenvalue weighted by molar-refractivity contribution is 7.52. The Labute approximate surface area is 239 Å². The fourth-order valence-electron chi connectivity index (χ4n) is 4.44. The highest BCUT2D eigenvalue weighted by atomic mass is 31.2. The molecule has 228 valence electrons. The molecule has 6 atom stereocenters. The van der Waals surface area contributed by atoms with E-state index in [1.54, 1.807) is 50.2 Å². The van der Waals surface area contributed by atoms with E-state index in [1.165, 1.54) is 13.0 Å². The van der Waals surface area contributed by atoms with Crippen LogP contribution < -0.4 is 9.61 Å². The van der Waals surface area contributed by atoms with Gasteiger partial charge in [0.1, 0.15) is 17.9 Å². The lowest BCUT2D eigenvalue weighted by Crippen LogP contribution is -2.52. The van der Waals surface area contributed by atoms with Gasteiger partial charge in [0.2, 0.25) is 5.91 Å². The molecule has 1 fully saturated rings. The molecule has 1 saturated heterocycles. The van der Waals surface area contributed by atoms with E-state index in [1.807, 2.05) is 0 Å². The van der Waals surface area contributed by atoms with Gasteiger partial charge in [-0.25, -0.2) is 17.7 Å². The number of halogens is 3. The van der Waals surface area contributed by atoms with Crippen LogP contribution in [0.25, 0.3) is 10.8 Å². The number of nitrogens with zero attached hydrogens (tertiary/aromatic N) is 1. The molecule has 1 unspecified atom stereocenters. The van der Waals surface area contributed by atoms with Crippen LogP contribution in [0.2, 0.25) is 0 Å². The Hall–Kier alpha value is -3.29. The smallest absolute Gasteiger partial charge is 0.459 e. The van der Waals surface area contributed by atoms with Crippen molar-refractivity contribution >= 4 is 36.2 Å². The molecule has 2 aliphatic heterocycles. The van der Waals surface area contributed by atoms with Gasteiger partial charge >= 0.3 is 13.7 Å². The lowest BCUT2D eigenvalue weighted by Gasteiger charge is -2.33. The second-order valence-electron chi connectivity index (χ2n) is 10.1. The van der Waals surface area contributed by atoms with E-state index in [0.717, 1.165) is 12.3 Å². The zero-order valence-electron chi connectivity index (χ0n) is 22.8. The first-order valence-electron chi connectivity index (χ1n) is 13.0. The molecule has 2 N–H and O–H groups in total. The second kappa shape index (κ2) is 12.5. The standard InChI is InChI=1S/C27H30F3N2O9P/c1-15(2)39-25(36)16(3)31-42(37,41-20-10-6-8-17-7-4-5-9-19(17)20)38-14-27(26(29)30)23(35)22(28)24(40-27)32-12-11-18(33)13-21(32)34/h4-12,15-16,22-24,26,35H,13-14H2,1-3H3,(H,31,37)/t16-,22-,23-,24+,27+,42?/m0/s1. The van der Waals surface area contributed by atoms with Crippen molar-refractivity contribution in [1.29, 1.82) is 0 Å². The maximum Gasteiger partial charge on any atom is 0.459 e. The Morgan fingerprint density at radius 3 is 2.55 bits per heavy atom. The van der Waals surface area contributed by atoms with Crippen LogP contribution in [0.5, 0.6) is 5.75 Å². The summed E-state index contributed by atoms with van der Waals surface area (Å²) in [6.45, 7) is 3.05. The SMILES string of the molecule is CC(C)OC(=O)[C@H](C)NP(=O)(OC[C@@]1(C(F)F)O[C@@H](N2C=CC(=O)CC2=O)[C@@H](F)[C@@H]1O)Oc1cccc2ccccc12. The molecule has 15 heteroatoms. The first-order chi connectivity index (χ1) is 19.8. The third-order valence-corrected chi connectivity index (χ3v) is 8.19. The number of rotatable bonds is 11. The Morgan fingerprint density at radius 1 is 1.19 bits per heavy atom. The molecular weight excluding hydrogens is 584 g/mol. The highest BCUT2D eigenvalue weighted by Gasteiger charge is 2.63. The number of allylic oxidation sites excluding steroid dienone is 1. The molecule has 42 heavy (non-hydrogen) atoms. The summed E-state index contributed by atoms with van der Waals surface area (Å²) >= 11 is 0. The van der Waals surface area contributed by atoms with Crippen LogP contribution in [0, 0.1) is 0 Å². The van der Waals surface area contributed by atoms with Gasteiger partial charge in [-0.3, -0.25) is 23.8 Å². The molecule has 0 aromatic heterocycles. The summed E-state index contributed by atoms with van der Waals surface area (Å²) in [4.78, 5) is 36.9. The van der Waals surface area contributed by atoms with Crippen LogP contribution in [0.1, 0.15) is 27.2 Å². The third kappa shape index (κ3) is 6.52. The molecule has 0 aliphatic carbocycles. The normalized spacial score (nSPS) is 26.6. The number of hydrogen-bond donors (Lipinski definition) is 2. The molecule has 0 bridgehead atoms. The van der Waals surface area contributed by atoms with Gasteiger partial charge in [-0.2, -0.15) is 5.09 Å². The van der Waals surface area contributed by atoms with Crippen LogP contribution >= 0.6 is 7.75 Å². The number of hydrogen-bond acceptors (Lipinski definition) is 9. The maximum absolute atomic E-state index is 15.2. The van der Waals surface area contributed by atoms with Gasteiger partial charge in [0, 0.05) is 11.6 Å². The van der Waals surface area contributed by atoms with Crippen LogP contribution in [-0.2, 0) is 32.9 Å². The molecule has 2 aromatic rings. The van der Waals surface area contributed by atoms with E-state index < -0.39 is 81.1 Å². The van der Waals surface area contributed by atoms with Crippen molar-refractivity contribution in [3.63, 3.8) is 0 Å². The molecule has 0 saturated carbocycles. The molecule has 0 spiro atoms. The Kier molecular flexibility index (Phi) is 9.43. The molecule has 2 heterocycles. The van der Waals surface area contributed by atoms with E-state index in [9.17, 15) is 32.8 Å². The third-order valence-electron chi connectivity index (χ3n) is 6.58. The van der Waals surface area contributed by atoms with Crippen LogP contribution in [-0.4, -0.2) is 76.9 Å². The maximum atomic E-state index is 15.2. The molecule has 1 amide bonds. The average molecular weight is 615 g/mol. The number of ketones is 1. The Morgan fingerprint density at radius 2 is 1.88 bits per heavy atom. The molecular formula is C27H30F3N2O9P. The van der Waals surface area contributed by atoms with Gasteiger partial charge < -0.3 is 19.1 Å². The number of alkyl halides is 3. The predicted octanol–water partition coefficient (Wildman–Crippen LogP) is 3.65. The monoisotopic (exact) mass is 614 g/mol. The average Bonchev–Trinajstić information content (AvgIpc) is 3.18. The topological polar surface area (TPSA) is 141 Å². The first-order valence-corrected chi connectivity index (χ1v) is 14.5. The summed E-state index contributed by atoms with van der Waals surface area (Å²) in [5, 5.41) is 14.1. The summed E-state index contributed by atoms with van der Waals surface area (Å²) in [5.74, 6) is -2.37. The van der Waals surface area contributed by atoms with E-state index in [2.05, 4.69) is 5.09 Å². The lowest BCUT2D eigenvalue weighted by molar-refractivity contribution is -0.199. The number of nitrogens with one attached hydrogen (secondary N) is 1. The Balaban J connectivity index is 1.65. The van der Waals surface area contributed by atoms with E-state index in [0.29, 0.717) is 15.7 Å². The minimum atomic E-state index is -4.79. The number of aliphatic hydroxyl groups excluding tert-OH is 1. The number of benzene rings is 2. The van der Waals surface area contributed by atoms with Gasteiger partial charge in [-0.05, 0) is 38.3 Å². The zero-order chi connectivity index (χ0) is 30.8. The number of carbonyl (C=O) groups is 3. The van der Waals surface area contributed by atoms with Gasteiger partial charge in [-0.1, -0.05) is 36.4 Å². The summed E-state index contributed by atoms with van der Waals surface area (Å²) in [7, 11) is -4.79. The van der Waals surface area contributed by atoms with Crippen molar-refractivity contribution < 1.29 is 55.7 Å². The number of esters is 1. The summed E-state index contributed by atoms with van der Waals surface area (Å²) in [6, 6.07) is 10.2. The number of amides is 1. The predicted molar refractivity (Wildman–Crippen MR) is 142 cm³/mol. The van der Waals surface area contributed by atoms with Crippen LogP contribution in [0.15, 0.2) is 54.7 Å². The van der Waals surface area contributed by atoms with Crippen molar-refractivity contribution in [2.75, 3.05) is 6.61 Å². The molecule has 2 aliphatic rings. The van der Waals surface area contributed by atoms with Crippen LogP contribution in [0.4, 0.5) is 13.2 Å². The lowest BCUT2D eigenvalue weighted by atomic mass is 9.97. The molecule has 0 radical (unpaired) electrons.